The Morgan fingerprint density at radius 2 is 1.96 bits per heavy atom. The molecular formula is C18H29BrN2O2. The van der Waals surface area contributed by atoms with E-state index >= 15 is 0 Å². The Kier molecular flexibility index (Phi) is 8.06. The first kappa shape index (κ1) is 20.0. The molecule has 0 spiro atoms. The quantitative estimate of drug-likeness (QED) is 0.730. The summed E-state index contributed by atoms with van der Waals surface area (Å²) in [7, 11) is 0. The van der Waals surface area contributed by atoms with Gasteiger partial charge in [0.1, 0.15) is 5.75 Å². The van der Waals surface area contributed by atoms with Crippen LogP contribution >= 0.6 is 17.0 Å². The Hall–Kier alpha value is -1.07. The van der Waals surface area contributed by atoms with E-state index in [1.165, 1.54) is 25.3 Å². The number of carbonyl (C=O) groups excluding carboxylic acids is 1. The highest BCUT2D eigenvalue weighted by Gasteiger charge is 2.26. The predicted octanol–water partition coefficient (Wildman–Crippen LogP) is 3.91. The van der Waals surface area contributed by atoms with Gasteiger partial charge in [0.2, 0.25) is 5.91 Å². The first-order valence-corrected chi connectivity index (χ1v) is 8.42. The van der Waals surface area contributed by atoms with Crippen molar-refractivity contribution in [1.82, 2.24) is 4.90 Å². The number of benzene rings is 1. The maximum atomic E-state index is 11.4. The molecule has 1 amide bonds. The summed E-state index contributed by atoms with van der Waals surface area (Å²) in [6, 6.07) is 4.29. The van der Waals surface area contributed by atoms with Crippen LogP contribution in [0.5, 0.6) is 5.75 Å². The molecule has 0 saturated carbocycles. The summed E-state index contributed by atoms with van der Waals surface area (Å²) in [5.74, 6) is 0.0378. The van der Waals surface area contributed by atoms with Crippen LogP contribution in [-0.2, 0) is 17.6 Å². The number of nitrogens with one attached hydrogen (secondary N) is 1. The average Bonchev–Trinajstić information content (AvgIpc) is 2.49. The third-order valence-corrected chi connectivity index (χ3v) is 4.41. The van der Waals surface area contributed by atoms with Gasteiger partial charge in [-0.15, -0.1) is 17.0 Å². The maximum Gasteiger partial charge on any atom is 0.221 e. The minimum absolute atomic E-state index is 0. The molecule has 2 N–H and O–H groups in total. The molecule has 0 fully saturated rings. The number of hydrogen-bond acceptors (Lipinski definition) is 3. The molecule has 0 bridgehead atoms. The fourth-order valence-corrected chi connectivity index (χ4v) is 3.50. The van der Waals surface area contributed by atoms with Crippen LogP contribution in [0.1, 0.15) is 51.2 Å². The number of phenolic OH excluding ortho intramolecular Hbond substituents is 1. The fourth-order valence-electron chi connectivity index (χ4n) is 3.50. The van der Waals surface area contributed by atoms with Gasteiger partial charge in [0.15, 0.2) is 0 Å². The lowest BCUT2D eigenvalue weighted by Gasteiger charge is -2.35. The molecule has 1 atom stereocenters. The highest BCUT2D eigenvalue weighted by atomic mass is 79.9. The van der Waals surface area contributed by atoms with Gasteiger partial charge in [-0.3, -0.25) is 4.79 Å². The van der Waals surface area contributed by atoms with E-state index in [-0.39, 0.29) is 28.6 Å². The number of rotatable bonds is 6. The molecule has 1 unspecified atom stereocenters. The number of nitrogens with zero attached hydrogens (tertiary/aromatic N) is 1. The molecule has 23 heavy (non-hydrogen) atoms. The zero-order valence-electron chi connectivity index (χ0n) is 14.4. The summed E-state index contributed by atoms with van der Waals surface area (Å²) >= 11 is 0. The predicted molar refractivity (Wildman–Crippen MR) is 101 cm³/mol. The Bertz CT molecular complexity index is 528. The molecule has 0 heterocycles. The van der Waals surface area contributed by atoms with E-state index in [4.69, 9.17) is 0 Å². The summed E-state index contributed by atoms with van der Waals surface area (Å²) < 4.78 is 0. The monoisotopic (exact) mass is 384 g/mol. The van der Waals surface area contributed by atoms with Crippen molar-refractivity contribution < 1.29 is 9.90 Å². The molecular weight excluding hydrogens is 356 g/mol. The van der Waals surface area contributed by atoms with Gasteiger partial charge >= 0.3 is 0 Å². The topological polar surface area (TPSA) is 52.6 Å². The second kappa shape index (κ2) is 9.28. The van der Waals surface area contributed by atoms with E-state index < -0.39 is 0 Å². The van der Waals surface area contributed by atoms with Crippen molar-refractivity contribution in [2.24, 2.45) is 0 Å². The molecule has 0 radical (unpaired) electrons. The van der Waals surface area contributed by atoms with Gasteiger partial charge in [0.25, 0.3) is 0 Å². The van der Waals surface area contributed by atoms with Gasteiger partial charge in [0, 0.05) is 13.0 Å². The average molecular weight is 385 g/mol. The molecule has 0 aromatic heterocycles. The molecule has 5 heteroatoms. The molecule has 2 rings (SSSR count). The number of carbonyl (C=O) groups is 1. The first-order chi connectivity index (χ1) is 10.6. The highest BCUT2D eigenvalue weighted by Crippen LogP contribution is 2.36. The first-order valence-electron chi connectivity index (χ1n) is 8.42. The van der Waals surface area contributed by atoms with Gasteiger partial charge in [-0.2, -0.15) is 0 Å². The number of hydrogen-bond donors (Lipinski definition) is 2. The molecule has 0 aliphatic heterocycles. The highest BCUT2D eigenvalue weighted by molar-refractivity contribution is 8.93. The van der Waals surface area contributed by atoms with Gasteiger partial charge in [-0.25, -0.2) is 0 Å². The largest absolute Gasteiger partial charge is 0.506 e. The Balaban J connectivity index is 0.00000264. The zero-order valence-corrected chi connectivity index (χ0v) is 16.1. The second-order valence-electron chi connectivity index (χ2n) is 6.21. The number of halogens is 1. The third kappa shape index (κ3) is 4.95. The summed E-state index contributed by atoms with van der Waals surface area (Å²) in [5.41, 5.74) is 2.98. The van der Waals surface area contributed by atoms with Crippen molar-refractivity contribution in [3.8, 4) is 5.75 Å². The van der Waals surface area contributed by atoms with Crippen LogP contribution in [0, 0.1) is 0 Å². The van der Waals surface area contributed by atoms with E-state index in [1.54, 1.807) is 6.07 Å². The smallest absolute Gasteiger partial charge is 0.221 e. The number of phenols is 1. The lowest BCUT2D eigenvalue weighted by Crippen LogP contribution is -2.40. The third-order valence-electron chi connectivity index (χ3n) is 4.41. The van der Waals surface area contributed by atoms with E-state index in [0.29, 0.717) is 11.7 Å². The number of aromatic hydroxyl groups is 1. The van der Waals surface area contributed by atoms with Crippen LogP contribution in [0.4, 0.5) is 5.69 Å². The molecule has 1 aliphatic carbocycles. The molecule has 0 saturated heterocycles. The van der Waals surface area contributed by atoms with Crippen molar-refractivity contribution in [1.29, 1.82) is 0 Å². The summed E-state index contributed by atoms with van der Waals surface area (Å²) in [5, 5.41) is 12.8. The molecule has 1 aromatic carbocycles. The van der Waals surface area contributed by atoms with Crippen LogP contribution in [0.25, 0.3) is 0 Å². The van der Waals surface area contributed by atoms with Crippen LogP contribution < -0.4 is 5.32 Å². The minimum Gasteiger partial charge on any atom is -0.506 e. The number of amides is 1. The van der Waals surface area contributed by atoms with E-state index in [1.807, 2.05) is 6.07 Å². The van der Waals surface area contributed by atoms with Crippen LogP contribution in [0.3, 0.4) is 0 Å². The molecule has 130 valence electrons. The van der Waals surface area contributed by atoms with Crippen molar-refractivity contribution in [3.63, 3.8) is 0 Å². The van der Waals surface area contributed by atoms with Crippen LogP contribution in [0.2, 0.25) is 0 Å². The lowest BCUT2D eigenvalue weighted by molar-refractivity contribution is -0.114. The van der Waals surface area contributed by atoms with Crippen molar-refractivity contribution in [2.75, 3.05) is 18.4 Å². The summed E-state index contributed by atoms with van der Waals surface area (Å²) in [4.78, 5) is 14.0. The van der Waals surface area contributed by atoms with Gasteiger partial charge in [-0.1, -0.05) is 19.9 Å². The Morgan fingerprint density at radius 1 is 1.30 bits per heavy atom. The Morgan fingerprint density at radius 3 is 2.52 bits per heavy atom. The zero-order chi connectivity index (χ0) is 16.1. The Labute approximate surface area is 150 Å². The van der Waals surface area contributed by atoms with Gasteiger partial charge in [-0.05, 0) is 62.4 Å². The van der Waals surface area contributed by atoms with Crippen LogP contribution in [-0.4, -0.2) is 35.0 Å². The SMILES string of the molecule is Br.CCCN(CCC)C1CCc2c(ccc(O)c2NC(C)=O)C1. The van der Waals surface area contributed by atoms with Crippen molar-refractivity contribution in [3.05, 3.63) is 23.3 Å². The maximum absolute atomic E-state index is 11.4. The van der Waals surface area contributed by atoms with E-state index in [9.17, 15) is 9.90 Å². The normalized spacial score (nSPS) is 16.6. The molecule has 1 aromatic rings. The standard InChI is InChI=1S/C18H28N2O2.BrH/c1-4-10-20(11-5-2)15-7-8-16-14(12-15)6-9-17(22)18(16)19-13(3)21;/h6,9,15,22H,4-5,7-8,10-12H2,1-3H3,(H,19,21);1H. The van der Waals surface area contributed by atoms with E-state index in [0.717, 1.165) is 37.9 Å². The molecule has 4 nitrogen and oxygen atoms in total. The van der Waals surface area contributed by atoms with Gasteiger partial charge in [0.05, 0.1) is 5.69 Å². The van der Waals surface area contributed by atoms with Crippen molar-refractivity contribution in [2.45, 2.75) is 58.9 Å². The summed E-state index contributed by atoms with van der Waals surface area (Å²) in [6.07, 6.45) is 5.35. The number of fused-ring (bicyclic) bond motifs is 1. The van der Waals surface area contributed by atoms with Crippen molar-refractivity contribution >= 4 is 28.6 Å². The van der Waals surface area contributed by atoms with Gasteiger partial charge < -0.3 is 15.3 Å². The van der Waals surface area contributed by atoms with E-state index in [2.05, 4.69) is 24.1 Å². The second-order valence-corrected chi connectivity index (χ2v) is 6.21. The minimum atomic E-state index is -0.135. The fraction of sp³-hybridized carbons (Fsp3) is 0.611. The number of anilines is 1. The lowest BCUT2D eigenvalue weighted by atomic mass is 9.86. The molecule has 1 aliphatic rings. The van der Waals surface area contributed by atoms with Crippen LogP contribution in [0.15, 0.2) is 12.1 Å². The summed E-state index contributed by atoms with van der Waals surface area (Å²) in [6.45, 7) is 8.22.